The zero-order valence-corrected chi connectivity index (χ0v) is 14.0. The van der Waals surface area contributed by atoms with Gasteiger partial charge in [-0.15, -0.1) is 0 Å². The maximum Gasteiger partial charge on any atom is 0.270 e. The summed E-state index contributed by atoms with van der Waals surface area (Å²) in [4.78, 5) is 28.2. The molecular formula is C20H17N3O3. The topological polar surface area (TPSA) is 79.2 Å². The predicted molar refractivity (Wildman–Crippen MR) is 99.6 cm³/mol. The number of nitrogens with one attached hydrogen (secondary N) is 1. The molecule has 4 rings (SSSR count). The van der Waals surface area contributed by atoms with E-state index in [4.69, 9.17) is 0 Å². The zero-order valence-electron chi connectivity index (χ0n) is 14.0. The molecule has 1 N–H and O–H groups in total. The Bertz CT molecular complexity index is 1040. The minimum Gasteiger partial charge on any atom is -0.358 e. The van der Waals surface area contributed by atoms with Gasteiger partial charge in [0.2, 0.25) is 5.91 Å². The lowest BCUT2D eigenvalue weighted by Gasteiger charge is -2.26. The SMILES string of the molecule is O=C(/C=C/c1cccc([N+](=O)[O-])c1)N1CCc2[nH]c3ccccc3c2C1. The first-order chi connectivity index (χ1) is 12.6. The van der Waals surface area contributed by atoms with Gasteiger partial charge in [-0.1, -0.05) is 30.3 Å². The van der Waals surface area contributed by atoms with Crippen LogP contribution in [-0.4, -0.2) is 27.3 Å². The van der Waals surface area contributed by atoms with Gasteiger partial charge in [0, 0.05) is 59.9 Å². The molecule has 6 nitrogen and oxygen atoms in total. The van der Waals surface area contributed by atoms with E-state index in [2.05, 4.69) is 11.1 Å². The monoisotopic (exact) mass is 347 g/mol. The predicted octanol–water partition coefficient (Wildman–Crippen LogP) is 3.67. The van der Waals surface area contributed by atoms with Gasteiger partial charge in [-0.2, -0.15) is 0 Å². The van der Waals surface area contributed by atoms with Crippen LogP contribution >= 0.6 is 0 Å². The normalized spacial score (nSPS) is 13.9. The van der Waals surface area contributed by atoms with E-state index in [9.17, 15) is 14.9 Å². The molecule has 26 heavy (non-hydrogen) atoms. The largest absolute Gasteiger partial charge is 0.358 e. The first-order valence-electron chi connectivity index (χ1n) is 8.42. The Labute approximate surface area is 149 Å². The highest BCUT2D eigenvalue weighted by molar-refractivity contribution is 5.93. The number of aromatic amines is 1. The smallest absolute Gasteiger partial charge is 0.270 e. The van der Waals surface area contributed by atoms with Gasteiger partial charge < -0.3 is 9.88 Å². The molecule has 0 fully saturated rings. The molecule has 0 spiro atoms. The Balaban J connectivity index is 1.53. The van der Waals surface area contributed by atoms with E-state index in [1.54, 1.807) is 23.1 Å². The summed E-state index contributed by atoms with van der Waals surface area (Å²) in [7, 11) is 0. The average Bonchev–Trinajstić information content (AvgIpc) is 3.04. The molecule has 3 aromatic rings. The number of nitro benzene ring substituents is 1. The van der Waals surface area contributed by atoms with Crippen molar-refractivity contribution >= 4 is 28.6 Å². The Morgan fingerprint density at radius 1 is 1.19 bits per heavy atom. The van der Waals surface area contributed by atoms with E-state index < -0.39 is 4.92 Å². The summed E-state index contributed by atoms with van der Waals surface area (Å²) in [6.45, 7) is 1.22. The fraction of sp³-hybridized carbons (Fsp3) is 0.150. The molecule has 1 aliphatic rings. The Hall–Kier alpha value is -3.41. The maximum atomic E-state index is 12.6. The van der Waals surface area contributed by atoms with Crippen LogP contribution in [0.25, 0.3) is 17.0 Å². The fourth-order valence-corrected chi connectivity index (χ4v) is 3.37. The molecule has 0 unspecified atom stereocenters. The van der Waals surface area contributed by atoms with Crippen molar-refractivity contribution in [2.75, 3.05) is 6.54 Å². The van der Waals surface area contributed by atoms with Gasteiger partial charge in [-0.3, -0.25) is 14.9 Å². The van der Waals surface area contributed by atoms with Crippen molar-refractivity contribution in [3.05, 3.63) is 81.5 Å². The lowest BCUT2D eigenvalue weighted by atomic mass is 10.0. The molecule has 2 aromatic carbocycles. The van der Waals surface area contributed by atoms with Crippen LogP contribution < -0.4 is 0 Å². The summed E-state index contributed by atoms with van der Waals surface area (Å²) < 4.78 is 0. The molecule has 0 saturated carbocycles. The summed E-state index contributed by atoms with van der Waals surface area (Å²) in [6.07, 6.45) is 3.90. The van der Waals surface area contributed by atoms with E-state index in [0.29, 0.717) is 18.7 Å². The van der Waals surface area contributed by atoms with Gasteiger partial charge >= 0.3 is 0 Å². The van der Waals surface area contributed by atoms with Gasteiger partial charge in [-0.05, 0) is 17.7 Å². The number of nitro groups is 1. The minimum atomic E-state index is -0.442. The van der Waals surface area contributed by atoms with Crippen molar-refractivity contribution in [1.82, 2.24) is 9.88 Å². The van der Waals surface area contributed by atoms with Crippen LogP contribution in [0.5, 0.6) is 0 Å². The van der Waals surface area contributed by atoms with Crippen molar-refractivity contribution < 1.29 is 9.72 Å². The number of amides is 1. The van der Waals surface area contributed by atoms with E-state index >= 15 is 0 Å². The maximum absolute atomic E-state index is 12.6. The highest BCUT2D eigenvalue weighted by Gasteiger charge is 2.22. The third-order valence-electron chi connectivity index (χ3n) is 4.69. The summed E-state index contributed by atoms with van der Waals surface area (Å²) in [6, 6.07) is 14.3. The molecule has 0 saturated heterocycles. The number of carbonyl (C=O) groups excluding carboxylic acids is 1. The molecule has 0 atom stereocenters. The number of hydrogen-bond donors (Lipinski definition) is 1. The van der Waals surface area contributed by atoms with Crippen LogP contribution in [0.4, 0.5) is 5.69 Å². The molecule has 1 aliphatic heterocycles. The number of aromatic nitrogens is 1. The first-order valence-corrected chi connectivity index (χ1v) is 8.42. The van der Waals surface area contributed by atoms with Crippen molar-refractivity contribution in [2.24, 2.45) is 0 Å². The average molecular weight is 347 g/mol. The number of non-ortho nitro benzene ring substituents is 1. The molecule has 6 heteroatoms. The van der Waals surface area contributed by atoms with Crippen LogP contribution in [0, 0.1) is 10.1 Å². The molecule has 1 amide bonds. The quantitative estimate of drug-likeness (QED) is 0.446. The molecular weight excluding hydrogens is 330 g/mol. The van der Waals surface area contributed by atoms with Crippen LogP contribution in [0.15, 0.2) is 54.6 Å². The second-order valence-electron chi connectivity index (χ2n) is 6.32. The number of hydrogen-bond acceptors (Lipinski definition) is 3. The lowest BCUT2D eigenvalue weighted by Crippen LogP contribution is -2.34. The van der Waals surface area contributed by atoms with E-state index in [-0.39, 0.29) is 11.6 Å². The molecule has 2 heterocycles. The standard InChI is InChI=1S/C20H17N3O3/c24-20(9-8-14-4-3-5-15(12-14)23(25)26)22-11-10-19-17(13-22)16-6-1-2-7-18(16)21-19/h1-9,12,21H,10-11,13H2/b9-8+. The molecule has 0 aliphatic carbocycles. The van der Waals surface area contributed by atoms with E-state index in [0.717, 1.165) is 17.3 Å². The number of nitrogens with zero attached hydrogens (tertiary/aromatic N) is 2. The lowest BCUT2D eigenvalue weighted by molar-refractivity contribution is -0.384. The van der Waals surface area contributed by atoms with Crippen LogP contribution in [0.3, 0.4) is 0 Å². The Morgan fingerprint density at radius 2 is 2.04 bits per heavy atom. The highest BCUT2D eigenvalue weighted by Crippen LogP contribution is 2.27. The second-order valence-corrected chi connectivity index (χ2v) is 6.32. The minimum absolute atomic E-state index is 0.0148. The summed E-state index contributed by atoms with van der Waals surface area (Å²) in [5.74, 6) is -0.0903. The van der Waals surface area contributed by atoms with Crippen molar-refractivity contribution in [2.45, 2.75) is 13.0 Å². The highest BCUT2D eigenvalue weighted by atomic mass is 16.6. The van der Waals surface area contributed by atoms with Crippen molar-refractivity contribution in [1.29, 1.82) is 0 Å². The van der Waals surface area contributed by atoms with Gasteiger partial charge in [0.25, 0.3) is 5.69 Å². The van der Waals surface area contributed by atoms with Crippen LogP contribution in [0.2, 0.25) is 0 Å². The Kier molecular flexibility index (Phi) is 4.01. The Morgan fingerprint density at radius 3 is 2.88 bits per heavy atom. The van der Waals surface area contributed by atoms with Crippen LogP contribution in [-0.2, 0) is 17.8 Å². The number of carbonyl (C=O) groups is 1. The van der Waals surface area contributed by atoms with Crippen molar-refractivity contribution in [3.63, 3.8) is 0 Å². The number of H-pyrrole nitrogens is 1. The van der Waals surface area contributed by atoms with E-state index in [1.807, 2.05) is 18.2 Å². The third-order valence-corrected chi connectivity index (χ3v) is 4.69. The van der Waals surface area contributed by atoms with Crippen LogP contribution in [0.1, 0.15) is 16.8 Å². The summed E-state index contributed by atoms with van der Waals surface area (Å²) in [5, 5.41) is 12.0. The van der Waals surface area contributed by atoms with Gasteiger partial charge in [0.1, 0.15) is 0 Å². The number of para-hydroxylation sites is 1. The molecule has 130 valence electrons. The van der Waals surface area contributed by atoms with Crippen molar-refractivity contribution in [3.8, 4) is 0 Å². The molecule has 0 bridgehead atoms. The van der Waals surface area contributed by atoms with Gasteiger partial charge in [0.15, 0.2) is 0 Å². The fourth-order valence-electron chi connectivity index (χ4n) is 3.37. The number of rotatable bonds is 3. The summed E-state index contributed by atoms with van der Waals surface area (Å²) in [5.41, 5.74) is 4.11. The zero-order chi connectivity index (χ0) is 18.1. The number of benzene rings is 2. The number of fused-ring (bicyclic) bond motifs is 3. The van der Waals surface area contributed by atoms with Gasteiger partial charge in [-0.25, -0.2) is 0 Å². The van der Waals surface area contributed by atoms with E-state index in [1.165, 1.54) is 29.5 Å². The van der Waals surface area contributed by atoms with Gasteiger partial charge in [0.05, 0.1) is 4.92 Å². The second kappa shape index (κ2) is 6.48. The molecule has 0 radical (unpaired) electrons. The first kappa shape index (κ1) is 16.1. The third kappa shape index (κ3) is 2.97. The summed E-state index contributed by atoms with van der Waals surface area (Å²) >= 11 is 0. The molecule has 1 aromatic heterocycles.